The largest absolute Gasteiger partial charge is 0.497 e. The lowest BCUT2D eigenvalue weighted by atomic mass is 10.0. The number of rotatable bonds is 7. The number of carbonyl (C=O) groups is 1. The van der Waals surface area contributed by atoms with E-state index < -0.39 is 0 Å². The summed E-state index contributed by atoms with van der Waals surface area (Å²) < 4.78 is 5.17. The number of piperazine rings is 1. The molecule has 0 saturated carbocycles. The number of hydrogen-bond acceptors (Lipinski definition) is 4. The van der Waals surface area contributed by atoms with Crippen molar-refractivity contribution in [3.05, 3.63) is 64.7 Å². The minimum atomic E-state index is 0. The summed E-state index contributed by atoms with van der Waals surface area (Å²) in [7, 11) is 3.78. The van der Waals surface area contributed by atoms with Gasteiger partial charge in [0, 0.05) is 37.7 Å². The number of likely N-dealkylation sites (N-methyl/N-ethyl adjacent to an activating group) is 1. The number of benzene rings is 2. The average molecular weight is 438 g/mol. The van der Waals surface area contributed by atoms with Crippen LogP contribution in [-0.2, 0) is 11.2 Å². The number of amides is 1. The van der Waals surface area contributed by atoms with Crippen LogP contribution in [0.1, 0.15) is 17.2 Å². The smallest absolute Gasteiger partial charge is 0.224 e. The zero-order chi connectivity index (χ0) is 19.9. The quantitative estimate of drug-likeness (QED) is 0.720. The number of methoxy groups -OCH3 is 1. The topological polar surface area (TPSA) is 44.8 Å². The van der Waals surface area contributed by atoms with Crippen molar-refractivity contribution < 1.29 is 9.53 Å². The van der Waals surface area contributed by atoms with Gasteiger partial charge in [-0.1, -0.05) is 35.9 Å². The van der Waals surface area contributed by atoms with Crippen molar-refractivity contribution in [2.45, 2.75) is 12.5 Å². The molecular formula is C22H29Cl2N3O2. The Morgan fingerprint density at radius 2 is 1.69 bits per heavy atom. The summed E-state index contributed by atoms with van der Waals surface area (Å²) in [5.74, 6) is 0.820. The second-order valence-electron chi connectivity index (χ2n) is 7.24. The molecule has 0 aliphatic carbocycles. The van der Waals surface area contributed by atoms with Gasteiger partial charge in [0.15, 0.2) is 0 Å². The van der Waals surface area contributed by atoms with E-state index in [0.29, 0.717) is 13.0 Å². The fourth-order valence-electron chi connectivity index (χ4n) is 3.48. The predicted molar refractivity (Wildman–Crippen MR) is 120 cm³/mol. The number of halogens is 2. The van der Waals surface area contributed by atoms with E-state index in [0.717, 1.165) is 42.5 Å². The Hall–Kier alpha value is -1.79. The minimum Gasteiger partial charge on any atom is -0.497 e. The van der Waals surface area contributed by atoms with Crippen LogP contribution in [0.3, 0.4) is 0 Å². The van der Waals surface area contributed by atoms with Gasteiger partial charge in [-0.3, -0.25) is 9.69 Å². The van der Waals surface area contributed by atoms with E-state index in [1.165, 1.54) is 5.56 Å². The number of nitrogens with one attached hydrogen (secondary N) is 1. The second-order valence-corrected chi connectivity index (χ2v) is 7.67. The van der Waals surface area contributed by atoms with Crippen molar-refractivity contribution in [1.82, 2.24) is 15.1 Å². The first-order valence-electron chi connectivity index (χ1n) is 9.63. The third-order valence-electron chi connectivity index (χ3n) is 5.25. The van der Waals surface area contributed by atoms with Gasteiger partial charge in [-0.15, -0.1) is 12.4 Å². The van der Waals surface area contributed by atoms with Crippen LogP contribution in [0.4, 0.5) is 0 Å². The maximum absolute atomic E-state index is 12.5. The molecular weight excluding hydrogens is 409 g/mol. The highest BCUT2D eigenvalue weighted by molar-refractivity contribution is 6.30. The molecule has 2 aromatic carbocycles. The van der Waals surface area contributed by atoms with Gasteiger partial charge in [0.1, 0.15) is 5.75 Å². The molecule has 1 aliphatic rings. The first-order chi connectivity index (χ1) is 13.5. The minimum absolute atomic E-state index is 0. The molecule has 0 aromatic heterocycles. The Bertz CT molecular complexity index is 761. The molecule has 0 spiro atoms. The SMILES string of the molecule is COc1ccc(CC(=O)NCC(c2ccc(Cl)cc2)N2CCN(C)CC2)cc1.Cl. The van der Waals surface area contributed by atoms with E-state index in [-0.39, 0.29) is 24.4 Å². The molecule has 1 saturated heterocycles. The lowest BCUT2D eigenvalue weighted by Gasteiger charge is -2.38. The van der Waals surface area contributed by atoms with Crippen LogP contribution in [0.5, 0.6) is 5.75 Å². The summed E-state index contributed by atoms with van der Waals surface area (Å²) in [5, 5.41) is 3.85. The Morgan fingerprint density at radius 3 is 2.28 bits per heavy atom. The van der Waals surface area contributed by atoms with Gasteiger partial charge in [0.2, 0.25) is 5.91 Å². The summed E-state index contributed by atoms with van der Waals surface area (Å²) in [6.45, 7) is 4.62. The van der Waals surface area contributed by atoms with Gasteiger partial charge in [0.25, 0.3) is 0 Å². The number of ether oxygens (including phenoxy) is 1. The third kappa shape index (κ3) is 6.89. The Balaban J connectivity index is 0.00000300. The summed E-state index contributed by atoms with van der Waals surface area (Å²) in [6, 6.07) is 15.7. The third-order valence-corrected chi connectivity index (χ3v) is 5.50. The number of hydrogen-bond donors (Lipinski definition) is 1. The van der Waals surface area contributed by atoms with E-state index in [4.69, 9.17) is 16.3 Å². The highest BCUT2D eigenvalue weighted by Crippen LogP contribution is 2.23. The fourth-order valence-corrected chi connectivity index (χ4v) is 3.60. The summed E-state index contributed by atoms with van der Waals surface area (Å²) in [6.07, 6.45) is 0.361. The van der Waals surface area contributed by atoms with Crippen LogP contribution >= 0.6 is 24.0 Å². The fraction of sp³-hybridized carbons (Fsp3) is 0.409. The van der Waals surface area contributed by atoms with Gasteiger partial charge in [-0.25, -0.2) is 0 Å². The van der Waals surface area contributed by atoms with E-state index in [1.807, 2.05) is 36.4 Å². The predicted octanol–water partition coefficient (Wildman–Crippen LogP) is 3.42. The highest BCUT2D eigenvalue weighted by atomic mass is 35.5. The van der Waals surface area contributed by atoms with E-state index >= 15 is 0 Å². The molecule has 1 atom stereocenters. The Labute approximate surface area is 184 Å². The van der Waals surface area contributed by atoms with Crippen molar-refractivity contribution in [2.75, 3.05) is 46.9 Å². The molecule has 3 rings (SSSR count). The molecule has 0 bridgehead atoms. The molecule has 7 heteroatoms. The number of nitrogens with zero attached hydrogens (tertiary/aromatic N) is 2. The zero-order valence-electron chi connectivity index (χ0n) is 16.9. The van der Waals surface area contributed by atoms with Crippen molar-refractivity contribution in [2.24, 2.45) is 0 Å². The molecule has 1 aliphatic heterocycles. The summed E-state index contributed by atoms with van der Waals surface area (Å²) >= 11 is 6.06. The van der Waals surface area contributed by atoms with Crippen LogP contribution in [0, 0.1) is 0 Å². The standard InChI is InChI=1S/C22H28ClN3O2.ClH/c1-25-11-13-26(14-12-25)21(18-5-7-19(23)8-6-18)16-24-22(27)15-17-3-9-20(28-2)10-4-17;/h3-10,21H,11-16H2,1-2H3,(H,24,27);1H. The normalized spacial score (nSPS) is 16.0. The van der Waals surface area contributed by atoms with Gasteiger partial charge >= 0.3 is 0 Å². The second kappa shape index (κ2) is 11.4. The van der Waals surface area contributed by atoms with Crippen molar-refractivity contribution in [3.8, 4) is 5.75 Å². The first kappa shape index (κ1) is 23.5. The highest BCUT2D eigenvalue weighted by Gasteiger charge is 2.24. The van der Waals surface area contributed by atoms with Crippen LogP contribution in [0.2, 0.25) is 5.02 Å². The lowest BCUT2D eigenvalue weighted by Crippen LogP contribution is -2.48. The molecule has 158 valence electrons. The van der Waals surface area contributed by atoms with Gasteiger partial charge in [-0.05, 0) is 42.4 Å². The molecule has 2 aromatic rings. The maximum Gasteiger partial charge on any atom is 0.224 e. The molecule has 1 heterocycles. The van der Waals surface area contributed by atoms with Crippen LogP contribution < -0.4 is 10.1 Å². The van der Waals surface area contributed by atoms with E-state index in [2.05, 4.69) is 34.3 Å². The van der Waals surface area contributed by atoms with Crippen LogP contribution in [0.15, 0.2) is 48.5 Å². The molecule has 1 N–H and O–H groups in total. The molecule has 1 amide bonds. The van der Waals surface area contributed by atoms with E-state index in [1.54, 1.807) is 7.11 Å². The Kier molecular flexibility index (Phi) is 9.24. The van der Waals surface area contributed by atoms with Gasteiger partial charge in [0.05, 0.1) is 19.6 Å². The first-order valence-corrected chi connectivity index (χ1v) is 10.0. The summed E-state index contributed by atoms with van der Waals surface area (Å²) in [5.41, 5.74) is 2.15. The van der Waals surface area contributed by atoms with Crippen molar-refractivity contribution in [3.63, 3.8) is 0 Å². The van der Waals surface area contributed by atoms with E-state index in [9.17, 15) is 4.79 Å². The average Bonchev–Trinajstić information content (AvgIpc) is 2.71. The molecule has 5 nitrogen and oxygen atoms in total. The zero-order valence-corrected chi connectivity index (χ0v) is 18.5. The molecule has 1 unspecified atom stereocenters. The van der Waals surface area contributed by atoms with Crippen LogP contribution in [-0.4, -0.2) is 62.6 Å². The lowest BCUT2D eigenvalue weighted by molar-refractivity contribution is -0.120. The van der Waals surface area contributed by atoms with Gasteiger partial charge < -0.3 is 15.0 Å². The maximum atomic E-state index is 12.5. The molecule has 0 radical (unpaired) electrons. The summed E-state index contributed by atoms with van der Waals surface area (Å²) in [4.78, 5) is 17.3. The van der Waals surface area contributed by atoms with Gasteiger partial charge in [-0.2, -0.15) is 0 Å². The van der Waals surface area contributed by atoms with Crippen molar-refractivity contribution >= 4 is 29.9 Å². The monoisotopic (exact) mass is 437 g/mol. The molecule has 29 heavy (non-hydrogen) atoms. The number of carbonyl (C=O) groups excluding carboxylic acids is 1. The van der Waals surface area contributed by atoms with Crippen molar-refractivity contribution in [1.29, 1.82) is 0 Å². The Morgan fingerprint density at radius 1 is 1.07 bits per heavy atom. The molecule has 1 fully saturated rings. The van der Waals surface area contributed by atoms with Crippen LogP contribution in [0.25, 0.3) is 0 Å².